The van der Waals surface area contributed by atoms with E-state index in [1.807, 2.05) is 62.0 Å². The van der Waals surface area contributed by atoms with E-state index in [4.69, 9.17) is 14.2 Å². The number of piperazine rings is 2. The summed E-state index contributed by atoms with van der Waals surface area (Å²) in [6, 6.07) is 7.81. The topological polar surface area (TPSA) is 118 Å². The van der Waals surface area contributed by atoms with E-state index in [1.165, 1.54) is 0 Å². The standard InChI is InChI=1S/C18H24N4O3S.C13H16N4OS/c1-18(2,3)25-17(23)21-8-9-22(16-20-7-10-26-16)14(12-21)13-24-15-5-4-6-19-11-15;1-2-12(9-14-3-1)18-10-11-8-15-4-6-17(11)13-16-5-7-19-13/h4-7,10-11,14H,8-9,12-13H2,1-3H3;1-3,5,7,9,11,15H,4,6,8,10H2. The second kappa shape index (κ2) is 15.8. The van der Waals surface area contributed by atoms with Gasteiger partial charge in [0.05, 0.1) is 24.5 Å². The van der Waals surface area contributed by atoms with Gasteiger partial charge in [-0.2, -0.15) is 0 Å². The summed E-state index contributed by atoms with van der Waals surface area (Å²) in [6.07, 6.45) is 10.2. The molecule has 2 atom stereocenters. The van der Waals surface area contributed by atoms with Gasteiger partial charge in [-0.15, -0.1) is 22.7 Å². The Balaban J connectivity index is 0.000000186. The van der Waals surface area contributed by atoms with Gasteiger partial charge in [0, 0.05) is 74.8 Å². The number of nitrogens with zero attached hydrogens (tertiary/aromatic N) is 7. The van der Waals surface area contributed by atoms with Crippen molar-refractivity contribution in [2.45, 2.75) is 38.5 Å². The van der Waals surface area contributed by atoms with Gasteiger partial charge in [-0.05, 0) is 45.0 Å². The van der Waals surface area contributed by atoms with E-state index in [0.29, 0.717) is 44.6 Å². The van der Waals surface area contributed by atoms with E-state index in [9.17, 15) is 4.79 Å². The summed E-state index contributed by atoms with van der Waals surface area (Å²) in [5, 5.41) is 9.38. The van der Waals surface area contributed by atoms with Crippen LogP contribution in [0.2, 0.25) is 0 Å². The average molecular weight is 653 g/mol. The third kappa shape index (κ3) is 9.74. The van der Waals surface area contributed by atoms with Gasteiger partial charge in [-0.25, -0.2) is 14.8 Å². The molecule has 2 aliphatic rings. The van der Waals surface area contributed by atoms with Crippen LogP contribution in [-0.2, 0) is 4.74 Å². The fourth-order valence-corrected chi connectivity index (χ4v) is 6.35. The lowest BCUT2D eigenvalue weighted by atomic mass is 10.2. The van der Waals surface area contributed by atoms with Gasteiger partial charge in [0.25, 0.3) is 0 Å². The molecule has 45 heavy (non-hydrogen) atoms. The van der Waals surface area contributed by atoms with Gasteiger partial charge in [-0.3, -0.25) is 9.97 Å². The SMILES string of the molecule is CC(C)(C)OC(=O)N1CCN(c2nccs2)C(COc2cccnc2)C1.c1cncc(OCC2CNCCN2c2nccs2)c1. The Bertz CT molecular complexity index is 1410. The van der Waals surface area contributed by atoms with E-state index in [1.54, 1.807) is 58.6 Å². The number of anilines is 2. The maximum Gasteiger partial charge on any atom is 0.410 e. The summed E-state index contributed by atoms with van der Waals surface area (Å²) in [4.78, 5) is 35.6. The normalized spacial score (nSPS) is 18.5. The number of ether oxygens (including phenoxy) is 3. The van der Waals surface area contributed by atoms with E-state index in [-0.39, 0.29) is 12.1 Å². The zero-order chi connectivity index (χ0) is 31.5. The first-order chi connectivity index (χ1) is 21.9. The van der Waals surface area contributed by atoms with Crippen molar-refractivity contribution in [3.8, 4) is 11.5 Å². The summed E-state index contributed by atoms with van der Waals surface area (Å²) in [7, 11) is 0. The molecule has 6 rings (SSSR count). The van der Waals surface area contributed by atoms with Gasteiger partial charge >= 0.3 is 6.09 Å². The van der Waals surface area contributed by atoms with Crippen LogP contribution in [-0.4, -0.2) is 101 Å². The first-order valence-corrected chi connectivity index (χ1v) is 16.7. The molecule has 2 fully saturated rings. The molecule has 4 aromatic rings. The van der Waals surface area contributed by atoms with Crippen LogP contribution in [0.25, 0.3) is 0 Å². The minimum absolute atomic E-state index is 0.0115. The van der Waals surface area contributed by atoms with Crippen LogP contribution in [0, 0.1) is 0 Å². The first kappa shape index (κ1) is 32.4. The second-order valence-electron chi connectivity index (χ2n) is 11.5. The average Bonchev–Trinajstić information content (AvgIpc) is 3.79. The molecule has 0 bridgehead atoms. The lowest BCUT2D eigenvalue weighted by Crippen LogP contribution is -2.57. The highest BCUT2D eigenvalue weighted by Crippen LogP contribution is 2.25. The van der Waals surface area contributed by atoms with E-state index in [2.05, 4.69) is 35.1 Å². The van der Waals surface area contributed by atoms with Crippen LogP contribution >= 0.6 is 22.7 Å². The number of carbonyl (C=O) groups excluding carboxylic acids is 1. The van der Waals surface area contributed by atoms with Gasteiger partial charge in [-0.1, -0.05) is 0 Å². The molecule has 2 unspecified atom stereocenters. The second-order valence-corrected chi connectivity index (χ2v) is 13.2. The molecule has 1 N–H and O–H groups in total. The maximum absolute atomic E-state index is 12.4. The molecule has 0 saturated carbocycles. The summed E-state index contributed by atoms with van der Waals surface area (Å²) in [6.45, 7) is 11.4. The summed E-state index contributed by atoms with van der Waals surface area (Å²) in [5.74, 6) is 1.52. The molecule has 1 amide bonds. The summed E-state index contributed by atoms with van der Waals surface area (Å²) < 4.78 is 17.2. The van der Waals surface area contributed by atoms with Crippen molar-refractivity contribution >= 4 is 39.0 Å². The van der Waals surface area contributed by atoms with Crippen LogP contribution in [0.15, 0.2) is 72.2 Å². The highest BCUT2D eigenvalue weighted by molar-refractivity contribution is 7.13. The number of pyridine rings is 2. The van der Waals surface area contributed by atoms with Crippen LogP contribution in [0.3, 0.4) is 0 Å². The van der Waals surface area contributed by atoms with E-state index < -0.39 is 5.60 Å². The number of amides is 1. The van der Waals surface area contributed by atoms with Gasteiger partial charge < -0.3 is 34.2 Å². The molecule has 0 spiro atoms. The maximum atomic E-state index is 12.4. The molecule has 240 valence electrons. The van der Waals surface area contributed by atoms with Gasteiger partial charge in [0.15, 0.2) is 10.3 Å². The molecular formula is C31H40N8O4S2. The fourth-order valence-electron chi connectivity index (χ4n) is 4.87. The molecule has 2 saturated heterocycles. The first-order valence-electron chi connectivity index (χ1n) is 14.9. The molecule has 14 heteroatoms. The van der Waals surface area contributed by atoms with Crippen molar-refractivity contribution in [1.29, 1.82) is 0 Å². The Morgan fingerprint density at radius 2 is 1.47 bits per heavy atom. The Labute approximate surface area is 272 Å². The predicted octanol–water partition coefficient (Wildman–Crippen LogP) is 4.44. The van der Waals surface area contributed by atoms with E-state index >= 15 is 0 Å². The Morgan fingerprint density at radius 1 is 0.867 bits per heavy atom. The quantitative estimate of drug-likeness (QED) is 0.291. The highest BCUT2D eigenvalue weighted by atomic mass is 32.1. The van der Waals surface area contributed by atoms with Crippen LogP contribution in [0.1, 0.15) is 20.8 Å². The molecule has 2 aliphatic heterocycles. The third-order valence-corrected chi connectivity index (χ3v) is 8.59. The van der Waals surface area contributed by atoms with Crippen molar-refractivity contribution in [3.63, 3.8) is 0 Å². The molecule has 4 aromatic heterocycles. The number of hydrogen-bond donors (Lipinski definition) is 1. The molecule has 0 aromatic carbocycles. The third-order valence-electron chi connectivity index (χ3n) is 6.97. The van der Waals surface area contributed by atoms with Crippen molar-refractivity contribution < 1.29 is 19.0 Å². The molecular weight excluding hydrogens is 613 g/mol. The smallest absolute Gasteiger partial charge is 0.410 e. The lowest BCUT2D eigenvalue weighted by Gasteiger charge is -2.41. The molecule has 0 aliphatic carbocycles. The van der Waals surface area contributed by atoms with Crippen LogP contribution in [0.4, 0.5) is 15.1 Å². The monoisotopic (exact) mass is 652 g/mol. The fraction of sp³-hybridized carbons (Fsp3) is 0.452. The van der Waals surface area contributed by atoms with Crippen molar-refractivity contribution in [2.75, 3.05) is 62.3 Å². The van der Waals surface area contributed by atoms with Crippen LogP contribution in [0.5, 0.6) is 11.5 Å². The zero-order valence-electron chi connectivity index (χ0n) is 25.8. The lowest BCUT2D eigenvalue weighted by molar-refractivity contribution is 0.0201. The van der Waals surface area contributed by atoms with Crippen molar-refractivity contribution in [2.24, 2.45) is 0 Å². The van der Waals surface area contributed by atoms with Crippen molar-refractivity contribution in [3.05, 3.63) is 72.2 Å². The number of carbonyl (C=O) groups is 1. The predicted molar refractivity (Wildman–Crippen MR) is 177 cm³/mol. The minimum Gasteiger partial charge on any atom is -0.490 e. The highest BCUT2D eigenvalue weighted by Gasteiger charge is 2.33. The Hall–Kier alpha value is -4.01. The number of hydrogen-bond acceptors (Lipinski definition) is 13. The molecule has 6 heterocycles. The minimum atomic E-state index is -0.509. The van der Waals surface area contributed by atoms with Crippen molar-refractivity contribution in [1.82, 2.24) is 30.2 Å². The summed E-state index contributed by atoms with van der Waals surface area (Å²) >= 11 is 3.26. The Morgan fingerprint density at radius 3 is 2.00 bits per heavy atom. The van der Waals surface area contributed by atoms with Crippen LogP contribution < -0.4 is 24.6 Å². The number of rotatable bonds is 8. The van der Waals surface area contributed by atoms with Gasteiger partial charge in [0.2, 0.25) is 0 Å². The summed E-state index contributed by atoms with van der Waals surface area (Å²) in [5.41, 5.74) is -0.509. The zero-order valence-corrected chi connectivity index (χ0v) is 27.5. The number of thiazole rings is 2. The largest absolute Gasteiger partial charge is 0.490 e. The molecule has 12 nitrogen and oxygen atoms in total. The van der Waals surface area contributed by atoms with Gasteiger partial charge in [0.1, 0.15) is 30.3 Å². The number of aromatic nitrogens is 4. The van der Waals surface area contributed by atoms with E-state index in [0.717, 1.165) is 35.6 Å². The number of nitrogens with one attached hydrogen (secondary N) is 1. The Kier molecular flexibility index (Phi) is 11.4. The molecule has 0 radical (unpaired) electrons.